The Labute approximate surface area is 156 Å². The lowest BCUT2D eigenvalue weighted by Crippen LogP contribution is -2.10. The van der Waals surface area contributed by atoms with Crippen LogP contribution < -0.4 is 5.63 Å². The van der Waals surface area contributed by atoms with E-state index in [1.54, 1.807) is 24.3 Å². The number of aryl methyl sites for hydroxylation is 2. The van der Waals surface area contributed by atoms with Crippen molar-refractivity contribution in [2.75, 3.05) is 0 Å². The van der Waals surface area contributed by atoms with E-state index in [0.29, 0.717) is 16.7 Å². The number of ketones is 1. The van der Waals surface area contributed by atoms with Crippen molar-refractivity contribution in [2.45, 2.75) is 33.3 Å². The van der Waals surface area contributed by atoms with Crippen LogP contribution in [0.2, 0.25) is 0 Å². The highest BCUT2D eigenvalue weighted by atomic mass is 16.5. The Morgan fingerprint density at radius 3 is 2.48 bits per heavy atom. The summed E-state index contributed by atoms with van der Waals surface area (Å²) in [5.74, 6) is -0.589. The first kappa shape index (κ1) is 18.6. The largest absolute Gasteiger partial charge is 0.461 e. The van der Waals surface area contributed by atoms with Gasteiger partial charge in [-0.25, -0.2) is 4.79 Å². The van der Waals surface area contributed by atoms with Gasteiger partial charge in [0.05, 0.1) is 6.42 Å². The lowest BCUT2D eigenvalue weighted by molar-refractivity contribution is -0.144. The number of Topliss-reactive ketones (excluding diaryl/α,β-unsaturated/α-hetero) is 1. The molecule has 0 amide bonds. The van der Waals surface area contributed by atoms with E-state index < -0.39 is 11.6 Å². The van der Waals surface area contributed by atoms with Crippen LogP contribution in [0.1, 0.15) is 39.9 Å². The van der Waals surface area contributed by atoms with Crippen LogP contribution in [0.5, 0.6) is 0 Å². The predicted octanol–water partition coefficient (Wildman–Crippen LogP) is 4.12. The first-order valence-electron chi connectivity index (χ1n) is 8.72. The van der Waals surface area contributed by atoms with Gasteiger partial charge in [-0.15, -0.1) is 0 Å². The second-order valence-electron chi connectivity index (χ2n) is 6.42. The predicted molar refractivity (Wildman–Crippen MR) is 102 cm³/mol. The number of hydrogen-bond donors (Lipinski definition) is 0. The first-order valence-corrected chi connectivity index (χ1v) is 8.72. The molecule has 0 bridgehead atoms. The van der Waals surface area contributed by atoms with Crippen molar-refractivity contribution >= 4 is 22.7 Å². The Morgan fingerprint density at radius 2 is 1.74 bits per heavy atom. The van der Waals surface area contributed by atoms with Crippen LogP contribution in [-0.4, -0.2) is 11.8 Å². The minimum Gasteiger partial charge on any atom is -0.461 e. The van der Waals surface area contributed by atoms with E-state index in [9.17, 15) is 14.4 Å². The molecule has 0 saturated carbocycles. The highest BCUT2D eigenvalue weighted by Gasteiger charge is 2.13. The fourth-order valence-corrected chi connectivity index (χ4v) is 2.86. The minimum absolute atomic E-state index is 0.00869. The Bertz CT molecular complexity index is 1050. The Morgan fingerprint density at radius 1 is 1.00 bits per heavy atom. The molecule has 5 heteroatoms. The van der Waals surface area contributed by atoms with Crippen LogP contribution in [0, 0.1) is 13.8 Å². The minimum atomic E-state index is -0.485. The Balaban J connectivity index is 1.66. The van der Waals surface area contributed by atoms with E-state index in [-0.39, 0.29) is 25.2 Å². The van der Waals surface area contributed by atoms with E-state index >= 15 is 0 Å². The second kappa shape index (κ2) is 7.99. The highest BCUT2D eigenvalue weighted by Crippen LogP contribution is 2.23. The summed E-state index contributed by atoms with van der Waals surface area (Å²) in [7, 11) is 0. The molecule has 0 saturated heterocycles. The molecular formula is C22H20O5. The monoisotopic (exact) mass is 364 g/mol. The molecule has 0 aliphatic carbocycles. The van der Waals surface area contributed by atoms with E-state index in [1.807, 2.05) is 32.0 Å². The molecule has 138 valence electrons. The summed E-state index contributed by atoms with van der Waals surface area (Å²) >= 11 is 0. The summed E-state index contributed by atoms with van der Waals surface area (Å²) in [5.41, 5.74) is 3.08. The third-order valence-electron chi connectivity index (χ3n) is 4.56. The van der Waals surface area contributed by atoms with Crippen LogP contribution in [0.4, 0.5) is 0 Å². The molecule has 0 N–H and O–H groups in total. The van der Waals surface area contributed by atoms with Gasteiger partial charge in [-0.05, 0) is 25.0 Å². The van der Waals surface area contributed by atoms with Crippen molar-refractivity contribution in [3.05, 3.63) is 81.2 Å². The van der Waals surface area contributed by atoms with Crippen LogP contribution >= 0.6 is 0 Å². The molecular weight excluding hydrogens is 344 g/mol. The van der Waals surface area contributed by atoms with Gasteiger partial charge in [0, 0.05) is 29.0 Å². The third-order valence-corrected chi connectivity index (χ3v) is 4.56. The lowest BCUT2D eigenvalue weighted by Gasteiger charge is -2.09. The number of carbonyl (C=O) groups excluding carboxylic acids is 2. The molecule has 0 atom stereocenters. The molecule has 2 aromatic carbocycles. The number of carbonyl (C=O) groups is 2. The van der Waals surface area contributed by atoms with E-state index in [1.165, 1.54) is 6.07 Å². The molecule has 0 aliphatic rings. The maximum Gasteiger partial charge on any atom is 0.336 e. The molecule has 3 rings (SSSR count). The Hall–Kier alpha value is -3.21. The van der Waals surface area contributed by atoms with Crippen LogP contribution in [0.25, 0.3) is 11.0 Å². The van der Waals surface area contributed by atoms with Crippen molar-refractivity contribution < 1.29 is 18.7 Å². The van der Waals surface area contributed by atoms with Gasteiger partial charge in [-0.2, -0.15) is 0 Å². The van der Waals surface area contributed by atoms with Gasteiger partial charge in [0.2, 0.25) is 0 Å². The molecule has 0 aliphatic heterocycles. The number of benzene rings is 2. The molecule has 1 heterocycles. The number of ether oxygens (including phenoxy) is 1. The van der Waals surface area contributed by atoms with Crippen LogP contribution in [-0.2, 0) is 16.1 Å². The fraction of sp³-hybridized carbons (Fsp3) is 0.227. The lowest BCUT2D eigenvalue weighted by atomic mass is 10.0. The number of rotatable bonds is 6. The second-order valence-corrected chi connectivity index (χ2v) is 6.42. The summed E-state index contributed by atoms with van der Waals surface area (Å²) < 4.78 is 10.6. The van der Waals surface area contributed by atoms with Crippen molar-refractivity contribution in [3.63, 3.8) is 0 Å². The molecule has 5 nitrogen and oxygen atoms in total. The van der Waals surface area contributed by atoms with Crippen molar-refractivity contribution in [1.82, 2.24) is 0 Å². The van der Waals surface area contributed by atoms with Gasteiger partial charge in [0.25, 0.3) is 0 Å². The first-order chi connectivity index (χ1) is 13.0. The number of esters is 1. The smallest absolute Gasteiger partial charge is 0.336 e. The van der Waals surface area contributed by atoms with Gasteiger partial charge in [0.15, 0.2) is 5.78 Å². The van der Waals surface area contributed by atoms with E-state index in [0.717, 1.165) is 16.5 Å². The average Bonchev–Trinajstić information content (AvgIpc) is 2.68. The van der Waals surface area contributed by atoms with Gasteiger partial charge in [-0.1, -0.05) is 42.5 Å². The third kappa shape index (κ3) is 4.31. The Kier molecular flexibility index (Phi) is 5.50. The molecule has 3 aromatic rings. The molecule has 0 unspecified atom stereocenters. The number of hydrogen-bond acceptors (Lipinski definition) is 5. The summed E-state index contributed by atoms with van der Waals surface area (Å²) in [6.45, 7) is 3.78. The summed E-state index contributed by atoms with van der Waals surface area (Å²) in [5, 5.41) is 0.742. The van der Waals surface area contributed by atoms with Gasteiger partial charge < -0.3 is 9.15 Å². The molecule has 0 fully saturated rings. The quantitative estimate of drug-likeness (QED) is 0.374. The van der Waals surface area contributed by atoms with Crippen molar-refractivity contribution in [1.29, 1.82) is 0 Å². The topological polar surface area (TPSA) is 73.6 Å². The SMILES string of the molecule is Cc1ccc2c(COC(=O)CCC(=O)c3ccccc3)cc(=O)oc2c1C. The zero-order valence-corrected chi connectivity index (χ0v) is 15.3. The molecule has 27 heavy (non-hydrogen) atoms. The van der Waals surface area contributed by atoms with Gasteiger partial charge >= 0.3 is 11.6 Å². The van der Waals surface area contributed by atoms with Crippen molar-refractivity contribution in [2.24, 2.45) is 0 Å². The molecule has 0 spiro atoms. The molecule has 0 radical (unpaired) electrons. The zero-order valence-electron chi connectivity index (χ0n) is 15.3. The van der Waals surface area contributed by atoms with Gasteiger partial charge in [-0.3, -0.25) is 9.59 Å². The summed E-state index contributed by atoms with van der Waals surface area (Å²) in [6, 6.07) is 13.9. The normalized spacial score (nSPS) is 10.7. The summed E-state index contributed by atoms with van der Waals surface area (Å²) in [4.78, 5) is 35.9. The van der Waals surface area contributed by atoms with E-state index in [2.05, 4.69) is 0 Å². The zero-order chi connectivity index (χ0) is 19.4. The molecule has 1 aromatic heterocycles. The summed E-state index contributed by atoms with van der Waals surface area (Å²) in [6.07, 6.45) is 0.0735. The maximum atomic E-state index is 12.1. The highest BCUT2D eigenvalue weighted by molar-refractivity contribution is 5.97. The van der Waals surface area contributed by atoms with E-state index in [4.69, 9.17) is 9.15 Å². The maximum absolute atomic E-state index is 12.1. The standard InChI is InChI=1S/C22H20O5/c1-14-8-9-18-17(12-21(25)27-22(18)15(14)2)13-26-20(24)11-10-19(23)16-6-4-3-5-7-16/h3-9,12H,10-11,13H2,1-2H3. The fourth-order valence-electron chi connectivity index (χ4n) is 2.86. The van der Waals surface area contributed by atoms with Crippen LogP contribution in [0.15, 0.2) is 57.7 Å². The average molecular weight is 364 g/mol. The number of fused-ring (bicyclic) bond motifs is 1. The van der Waals surface area contributed by atoms with Gasteiger partial charge in [0.1, 0.15) is 12.2 Å². The van der Waals surface area contributed by atoms with Crippen molar-refractivity contribution in [3.8, 4) is 0 Å². The van der Waals surface area contributed by atoms with Crippen LogP contribution in [0.3, 0.4) is 0 Å².